The van der Waals surface area contributed by atoms with E-state index in [1.54, 1.807) is 0 Å². The number of nitrogens with zero attached hydrogens (tertiary/aromatic N) is 9. The maximum Gasteiger partial charge on any atom is 0.160 e. The van der Waals surface area contributed by atoms with E-state index in [2.05, 4.69) is 475 Å². The van der Waals surface area contributed by atoms with Crippen molar-refractivity contribution in [3.63, 3.8) is 0 Å². The second-order valence-electron chi connectivity index (χ2n) is 35.0. The molecule has 0 atom stereocenters. The Bertz CT molecular complexity index is 9880. The number of benzene rings is 20. The first-order valence-electron chi connectivity index (χ1n) is 46.4. The van der Waals surface area contributed by atoms with Gasteiger partial charge in [-0.1, -0.05) is 322 Å². The van der Waals surface area contributed by atoms with E-state index in [4.69, 9.17) is 29.9 Å². The highest BCUT2D eigenvalue weighted by Crippen LogP contribution is 2.48. The van der Waals surface area contributed by atoms with Gasteiger partial charge in [-0.3, -0.25) is 0 Å². The van der Waals surface area contributed by atoms with Gasteiger partial charge in [0.05, 0.1) is 66.7 Å². The molecule has 0 bridgehead atoms. The fourth-order valence-electron chi connectivity index (χ4n) is 20.8. The molecular weight excluding hydrogens is 1740 g/mol. The molecule has 0 aliphatic heterocycles. The summed E-state index contributed by atoms with van der Waals surface area (Å²) in [6.07, 6.45) is 0. The number of rotatable bonds is 11. The van der Waals surface area contributed by atoms with Crippen molar-refractivity contribution in [2.45, 2.75) is 0 Å². The molecule has 9 nitrogen and oxygen atoms in total. The molecule has 0 amide bonds. The third kappa shape index (κ3) is 13.5. The van der Waals surface area contributed by atoms with E-state index in [0.717, 1.165) is 134 Å². The molecule has 138 heavy (non-hydrogen) atoms. The van der Waals surface area contributed by atoms with Crippen LogP contribution < -0.4 is 0 Å². The van der Waals surface area contributed by atoms with Crippen molar-refractivity contribution in [3.8, 4) is 107 Å². The summed E-state index contributed by atoms with van der Waals surface area (Å²) in [6, 6.07) is 166. The summed E-state index contributed by atoms with van der Waals surface area (Å²) < 4.78 is 14.6. The fraction of sp³-hybridized carbons (Fsp3) is 0. The van der Waals surface area contributed by atoms with Gasteiger partial charge in [0.15, 0.2) is 17.5 Å². The van der Waals surface area contributed by atoms with Crippen LogP contribution in [-0.2, 0) is 0 Å². The minimum atomic E-state index is 0.727. The molecule has 9 aromatic heterocycles. The van der Waals surface area contributed by atoms with Gasteiger partial charge < -0.3 is 13.7 Å². The van der Waals surface area contributed by atoms with E-state index < -0.39 is 0 Å². The van der Waals surface area contributed by atoms with Crippen molar-refractivity contribution < 1.29 is 0 Å². The Morgan fingerprint density at radius 1 is 0.152 bits per heavy atom. The van der Waals surface area contributed by atoms with Crippen molar-refractivity contribution in [2.75, 3.05) is 0 Å². The van der Waals surface area contributed by atoms with E-state index in [0.29, 0.717) is 0 Å². The van der Waals surface area contributed by atoms with Gasteiger partial charge in [0.2, 0.25) is 0 Å². The number of hydrogen-bond donors (Lipinski definition) is 0. The minimum absolute atomic E-state index is 0.727. The van der Waals surface area contributed by atoms with Crippen molar-refractivity contribution >= 4 is 193 Å². The predicted octanol–water partition coefficient (Wildman–Crippen LogP) is 34.6. The second kappa shape index (κ2) is 33.3. The Morgan fingerprint density at radius 2 is 0.449 bits per heavy atom. The van der Waals surface area contributed by atoms with Gasteiger partial charge in [0.1, 0.15) is 0 Å². The van der Waals surface area contributed by atoms with Gasteiger partial charge in [0.25, 0.3) is 0 Å². The Kier molecular flexibility index (Phi) is 19.3. The third-order valence-corrected chi connectivity index (χ3v) is 30.4. The van der Waals surface area contributed by atoms with Crippen LogP contribution in [0.5, 0.6) is 0 Å². The highest BCUT2D eigenvalue weighted by Gasteiger charge is 2.25. The molecule has 0 radical (unpaired) electrons. The van der Waals surface area contributed by atoms with Crippen LogP contribution in [0.1, 0.15) is 0 Å². The van der Waals surface area contributed by atoms with Gasteiger partial charge in [-0.2, -0.15) is 0 Å². The quantitative estimate of drug-likeness (QED) is 0.128. The molecule has 0 N–H and O–H groups in total. The number of aromatic nitrogens is 9. The van der Waals surface area contributed by atoms with Crippen LogP contribution in [0.25, 0.3) is 266 Å². The average molecular weight is 1810 g/mol. The summed E-state index contributed by atoms with van der Waals surface area (Å²) in [6.45, 7) is 0. The first-order valence-corrected chi connectivity index (χ1v) is 48.9. The van der Waals surface area contributed by atoms with Crippen molar-refractivity contribution in [1.82, 2.24) is 43.6 Å². The van der Waals surface area contributed by atoms with Gasteiger partial charge >= 0.3 is 0 Å². The molecule has 9 heterocycles. The zero-order valence-electron chi connectivity index (χ0n) is 74.2. The van der Waals surface area contributed by atoms with E-state index in [9.17, 15) is 0 Å². The van der Waals surface area contributed by atoms with Crippen LogP contribution in [0.15, 0.2) is 467 Å². The zero-order valence-corrected chi connectivity index (χ0v) is 76.7. The SMILES string of the molecule is c1ccc(-c2nc(-c3cccc(-c4ccc5c(c4)c4ccccc4n5-c4ccccc4)c3)nc3c2ccc2sc4ccccc4c23)cc1.c1ccc(-c2nc(-c3cccc(-c4cccc5c4c4ccccc4n5-c4ccccc4)c3)nc3c2ccc2sc4ccccc4c23)cc1.c1ccc(-c2nc(-c3cccc(-n4c5ccccc5c5ccccc54)c3)nc3c2ccc2sc4ccccc4c23)cc1. The first-order chi connectivity index (χ1) is 68.4. The molecule has 0 aliphatic carbocycles. The lowest BCUT2D eigenvalue weighted by Crippen LogP contribution is -1.98. The molecule has 0 unspecified atom stereocenters. The molecule has 20 aromatic carbocycles. The minimum Gasteiger partial charge on any atom is -0.309 e. The smallest absolute Gasteiger partial charge is 0.160 e. The van der Waals surface area contributed by atoms with E-state index in [1.165, 1.54) is 131 Å². The molecular formula is C126H77N9S3. The van der Waals surface area contributed by atoms with Gasteiger partial charge in [0, 0.05) is 159 Å². The maximum absolute atomic E-state index is 5.36. The van der Waals surface area contributed by atoms with Gasteiger partial charge in [-0.05, 0) is 168 Å². The number of para-hydroxylation sites is 6. The molecule has 0 saturated heterocycles. The Labute approximate surface area is 804 Å². The molecule has 29 aromatic rings. The van der Waals surface area contributed by atoms with Crippen LogP contribution in [-0.4, -0.2) is 43.6 Å². The summed E-state index contributed by atoms with van der Waals surface area (Å²) in [5.41, 5.74) is 27.3. The highest BCUT2D eigenvalue weighted by atomic mass is 32.1. The number of hydrogen-bond acceptors (Lipinski definition) is 9. The Hall–Kier alpha value is -17.5. The largest absolute Gasteiger partial charge is 0.309 e. The van der Waals surface area contributed by atoms with Gasteiger partial charge in [-0.15, -0.1) is 34.0 Å². The predicted molar refractivity (Wildman–Crippen MR) is 584 cm³/mol. The molecule has 29 rings (SSSR count). The van der Waals surface area contributed by atoms with Crippen LogP contribution in [0, 0.1) is 0 Å². The molecule has 0 saturated carbocycles. The molecule has 12 heteroatoms. The topological polar surface area (TPSA) is 92.1 Å². The lowest BCUT2D eigenvalue weighted by atomic mass is 9.97. The zero-order chi connectivity index (χ0) is 90.8. The van der Waals surface area contributed by atoms with E-state index in [-0.39, 0.29) is 0 Å². The Balaban J connectivity index is 0.000000105. The Morgan fingerprint density at radius 3 is 0.899 bits per heavy atom. The lowest BCUT2D eigenvalue weighted by Gasteiger charge is -2.12. The van der Waals surface area contributed by atoms with Crippen LogP contribution in [0.3, 0.4) is 0 Å². The lowest BCUT2D eigenvalue weighted by molar-refractivity contribution is 1.17. The van der Waals surface area contributed by atoms with Gasteiger partial charge in [-0.25, -0.2) is 29.9 Å². The molecule has 0 aliphatic rings. The number of thiophene rings is 3. The maximum atomic E-state index is 5.36. The normalized spacial score (nSPS) is 11.8. The van der Waals surface area contributed by atoms with Crippen LogP contribution in [0.4, 0.5) is 0 Å². The summed E-state index contributed by atoms with van der Waals surface area (Å²) in [5, 5.41) is 18.0. The average Bonchev–Trinajstić information content (AvgIpc) is 1.55. The highest BCUT2D eigenvalue weighted by molar-refractivity contribution is 7.26. The molecule has 0 fully saturated rings. The van der Waals surface area contributed by atoms with E-state index >= 15 is 0 Å². The van der Waals surface area contributed by atoms with Crippen molar-refractivity contribution in [2.24, 2.45) is 0 Å². The second-order valence-corrected chi connectivity index (χ2v) is 38.2. The molecule has 644 valence electrons. The summed E-state index contributed by atoms with van der Waals surface area (Å²) in [7, 11) is 0. The third-order valence-electron chi connectivity index (χ3n) is 27.0. The summed E-state index contributed by atoms with van der Waals surface area (Å²) in [4.78, 5) is 31.8. The summed E-state index contributed by atoms with van der Waals surface area (Å²) >= 11 is 5.46. The van der Waals surface area contributed by atoms with Crippen LogP contribution in [0.2, 0.25) is 0 Å². The molecule has 0 spiro atoms. The standard InChI is InChI=1S/2C44H27N3S.C38H23N3S/c1-3-13-28(14-4-1)42-35-25-26-39-41(34-20-8-10-24-38(34)48-39)43(35)46-44(45-42)30-16-11-15-29(27-30)32-21-12-23-37-40(32)33-19-7-9-22-36(33)47(37)31-17-5-2-6-18-31;1-3-12-28(13-4-1)42-35-23-25-40-41(34-19-8-10-21-39(34)48-40)43(35)46-44(45-42)31-15-11-14-29(26-31)30-22-24-38-36(27-30)33-18-7-9-20-37(33)47(38)32-16-5-2-6-17-32;1-2-11-24(12-3-1)36-30-21-22-34-35(29-17-6-9-20-33(29)42-34)37(30)40-38(39-36)25-13-10-14-26(23-25)41-31-18-7-4-15-27(31)28-16-5-8-19-32(28)41/h2*1-27H;1-23H. The van der Waals surface area contributed by atoms with Crippen molar-refractivity contribution in [1.29, 1.82) is 0 Å². The monoisotopic (exact) mass is 1810 g/mol. The van der Waals surface area contributed by atoms with Crippen LogP contribution >= 0.6 is 34.0 Å². The van der Waals surface area contributed by atoms with Crippen molar-refractivity contribution in [3.05, 3.63) is 467 Å². The first kappa shape index (κ1) is 80.2. The number of fused-ring (bicyclic) bond motifs is 24. The fourth-order valence-corrected chi connectivity index (χ4v) is 24.1. The van der Waals surface area contributed by atoms with E-state index in [1.807, 2.05) is 40.1 Å². The summed E-state index contributed by atoms with van der Waals surface area (Å²) in [5.74, 6) is 2.18.